The lowest BCUT2D eigenvalue weighted by molar-refractivity contribution is -0.132. The third-order valence-corrected chi connectivity index (χ3v) is 3.78. The minimum atomic E-state index is 0.163. The van der Waals surface area contributed by atoms with E-state index < -0.39 is 0 Å². The van der Waals surface area contributed by atoms with Gasteiger partial charge in [-0.15, -0.1) is 0 Å². The molecule has 0 radical (unpaired) electrons. The third kappa shape index (κ3) is 4.58. The van der Waals surface area contributed by atoms with Crippen molar-refractivity contribution in [3.63, 3.8) is 0 Å². The number of ether oxygens (including phenoxy) is 1. The maximum absolute atomic E-state index is 12.1. The summed E-state index contributed by atoms with van der Waals surface area (Å²) < 4.78 is 5.43. The van der Waals surface area contributed by atoms with Crippen molar-refractivity contribution in [2.45, 2.75) is 26.4 Å². The number of amides is 1. The average Bonchev–Trinajstić information content (AvgIpc) is 2.47. The van der Waals surface area contributed by atoms with E-state index in [0.717, 1.165) is 31.9 Å². The number of hydrogen-bond donors (Lipinski definition) is 0. The Balaban J connectivity index is 1.80. The van der Waals surface area contributed by atoms with Crippen molar-refractivity contribution in [3.8, 4) is 0 Å². The molecule has 1 aliphatic heterocycles. The Bertz CT molecular complexity index is 474. The van der Waals surface area contributed by atoms with E-state index in [4.69, 9.17) is 16.3 Å². The topological polar surface area (TPSA) is 45.7 Å². The molecule has 1 aromatic rings. The van der Waals surface area contributed by atoms with E-state index in [1.807, 2.05) is 24.8 Å². The quantitative estimate of drug-likeness (QED) is 0.836. The van der Waals surface area contributed by atoms with Gasteiger partial charge in [-0.2, -0.15) is 0 Å². The van der Waals surface area contributed by atoms with Gasteiger partial charge >= 0.3 is 0 Å². The second-order valence-corrected chi connectivity index (χ2v) is 5.77. The molecular weight excluding hydrogens is 290 g/mol. The first-order valence-electron chi connectivity index (χ1n) is 7.31. The molecular formula is C15H22ClN3O2. The molecule has 2 rings (SSSR count). The Hall–Kier alpha value is -1.33. The summed E-state index contributed by atoms with van der Waals surface area (Å²) in [7, 11) is 0. The van der Waals surface area contributed by atoms with Gasteiger partial charge in [-0.3, -0.25) is 9.78 Å². The highest BCUT2D eigenvalue weighted by atomic mass is 35.5. The van der Waals surface area contributed by atoms with E-state index in [-0.39, 0.29) is 12.0 Å². The fraction of sp³-hybridized carbons (Fsp3) is 0.600. The summed E-state index contributed by atoms with van der Waals surface area (Å²) in [5.74, 6) is 0.163. The first-order chi connectivity index (χ1) is 10.1. The second kappa shape index (κ2) is 7.61. The Morgan fingerprint density at radius 2 is 2.10 bits per heavy atom. The summed E-state index contributed by atoms with van der Waals surface area (Å²) >= 11 is 6.15. The van der Waals surface area contributed by atoms with Crippen LogP contribution in [0, 0.1) is 0 Å². The molecule has 116 valence electrons. The molecule has 1 aliphatic rings. The SMILES string of the molecule is CC(C)OCCC(=O)N1CCN(c2ccncc2Cl)CC1. The van der Waals surface area contributed by atoms with Crippen molar-refractivity contribution in [2.75, 3.05) is 37.7 Å². The van der Waals surface area contributed by atoms with Crippen molar-refractivity contribution in [1.82, 2.24) is 9.88 Å². The average molecular weight is 312 g/mol. The number of aromatic nitrogens is 1. The number of pyridine rings is 1. The Morgan fingerprint density at radius 1 is 1.38 bits per heavy atom. The summed E-state index contributed by atoms with van der Waals surface area (Å²) in [6, 6.07) is 1.91. The predicted molar refractivity (Wildman–Crippen MR) is 83.7 cm³/mol. The molecule has 0 spiro atoms. The summed E-state index contributed by atoms with van der Waals surface area (Å²) in [6.45, 7) is 7.47. The zero-order chi connectivity index (χ0) is 15.2. The number of halogens is 1. The minimum Gasteiger partial charge on any atom is -0.378 e. The highest BCUT2D eigenvalue weighted by molar-refractivity contribution is 6.33. The third-order valence-electron chi connectivity index (χ3n) is 3.49. The van der Waals surface area contributed by atoms with Crippen LogP contribution in [0.2, 0.25) is 5.02 Å². The lowest BCUT2D eigenvalue weighted by Gasteiger charge is -2.36. The Labute approximate surface area is 130 Å². The van der Waals surface area contributed by atoms with Gasteiger partial charge in [-0.05, 0) is 19.9 Å². The van der Waals surface area contributed by atoms with Crippen molar-refractivity contribution in [2.24, 2.45) is 0 Å². The molecule has 1 fully saturated rings. The summed E-state index contributed by atoms with van der Waals surface area (Å²) in [5, 5.41) is 0.655. The van der Waals surface area contributed by atoms with Crippen LogP contribution in [0.1, 0.15) is 20.3 Å². The molecule has 1 amide bonds. The maximum Gasteiger partial charge on any atom is 0.225 e. The van der Waals surface area contributed by atoms with Crippen LogP contribution in [0.15, 0.2) is 18.5 Å². The molecule has 1 aromatic heterocycles. The van der Waals surface area contributed by atoms with Gasteiger partial charge in [0.1, 0.15) is 0 Å². The molecule has 2 heterocycles. The van der Waals surface area contributed by atoms with Crippen LogP contribution in [0.25, 0.3) is 0 Å². The number of piperazine rings is 1. The highest BCUT2D eigenvalue weighted by Crippen LogP contribution is 2.25. The van der Waals surface area contributed by atoms with Gasteiger partial charge in [0.05, 0.1) is 29.8 Å². The number of nitrogens with zero attached hydrogens (tertiary/aromatic N) is 3. The van der Waals surface area contributed by atoms with E-state index in [1.165, 1.54) is 0 Å². The van der Waals surface area contributed by atoms with Crippen LogP contribution in [0.3, 0.4) is 0 Å². The number of carbonyl (C=O) groups excluding carboxylic acids is 1. The van der Waals surface area contributed by atoms with Gasteiger partial charge in [0, 0.05) is 38.6 Å². The predicted octanol–water partition coefficient (Wildman–Crippen LogP) is 2.20. The monoisotopic (exact) mass is 311 g/mol. The standard InChI is InChI=1S/C15H22ClN3O2/c1-12(2)21-10-4-15(20)19-8-6-18(7-9-19)14-3-5-17-11-13(14)16/h3,5,11-12H,4,6-10H2,1-2H3. The number of carbonyl (C=O) groups is 1. The second-order valence-electron chi connectivity index (χ2n) is 5.36. The van der Waals surface area contributed by atoms with Crippen molar-refractivity contribution < 1.29 is 9.53 Å². The molecule has 0 aliphatic carbocycles. The van der Waals surface area contributed by atoms with Crippen molar-refractivity contribution in [3.05, 3.63) is 23.5 Å². The van der Waals surface area contributed by atoms with E-state index in [0.29, 0.717) is 18.1 Å². The van der Waals surface area contributed by atoms with Crippen LogP contribution in [0.4, 0.5) is 5.69 Å². The normalized spacial score (nSPS) is 15.6. The lowest BCUT2D eigenvalue weighted by Crippen LogP contribution is -2.49. The zero-order valence-electron chi connectivity index (χ0n) is 12.6. The molecule has 0 unspecified atom stereocenters. The van der Waals surface area contributed by atoms with Gasteiger partial charge in [0.15, 0.2) is 0 Å². The van der Waals surface area contributed by atoms with Crippen molar-refractivity contribution >= 4 is 23.2 Å². The summed E-state index contributed by atoms with van der Waals surface area (Å²) in [5.41, 5.74) is 0.988. The van der Waals surface area contributed by atoms with Crippen molar-refractivity contribution in [1.29, 1.82) is 0 Å². The fourth-order valence-electron chi connectivity index (χ4n) is 2.36. The van der Waals surface area contributed by atoms with Gasteiger partial charge in [-0.25, -0.2) is 0 Å². The molecule has 0 saturated carbocycles. The van der Waals surface area contributed by atoms with E-state index >= 15 is 0 Å². The molecule has 0 aromatic carbocycles. The molecule has 5 nitrogen and oxygen atoms in total. The first kappa shape index (κ1) is 16.0. The molecule has 0 N–H and O–H groups in total. The van der Waals surface area contributed by atoms with E-state index in [9.17, 15) is 4.79 Å². The zero-order valence-corrected chi connectivity index (χ0v) is 13.3. The van der Waals surface area contributed by atoms with E-state index in [2.05, 4.69) is 9.88 Å². The van der Waals surface area contributed by atoms with Gasteiger partial charge in [0.2, 0.25) is 5.91 Å². The largest absolute Gasteiger partial charge is 0.378 e. The number of anilines is 1. The van der Waals surface area contributed by atoms with E-state index in [1.54, 1.807) is 12.4 Å². The Morgan fingerprint density at radius 3 is 2.71 bits per heavy atom. The molecule has 21 heavy (non-hydrogen) atoms. The van der Waals surface area contributed by atoms with Crippen LogP contribution < -0.4 is 4.90 Å². The molecule has 0 atom stereocenters. The Kier molecular flexibility index (Phi) is 5.82. The fourth-order valence-corrected chi connectivity index (χ4v) is 2.60. The van der Waals surface area contributed by atoms with Crippen LogP contribution >= 0.6 is 11.6 Å². The smallest absolute Gasteiger partial charge is 0.225 e. The van der Waals surface area contributed by atoms with Crippen LogP contribution in [-0.4, -0.2) is 54.7 Å². The number of hydrogen-bond acceptors (Lipinski definition) is 4. The van der Waals surface area contributed by atoms with Gasteiger partial charge < -0.3 is 14.5 Å². The summed E-state index contributed by atoms with van der Waals surface area (Å²) in [4.78, 5) is 20.2. The lowest BCUT2D eigenvalue weighted by atomic mass is 10.2. The maximum atomic E-state index is 12.1. The van der Waals surface area contributed by atoms with Gasteiger partial charge in [0.25, 0.3) is 0 Å². The molecule has 6 heteroatoms. The number of rotatable bonds is 5. The molecule has 0 bridgehead atoms. The minimum absolute atomic E-state index is 0.163. The first-order valence-corrected chi connectivity index (χ1v) is 7.69. The van der Waals surface area contributed by atoms with Crippen LogP contribution in [-0.2, 0) is 9.53 Å². The summed E-state index contributed by atoms with van der Waals surface area (Å²) in [6.07, 6.45) is 4.01. The molecule has 1 saturated heterocycles. The highest BCUT2D eigenvalue weighted by Gasteiger charge is 2.22. The van der Waals surface area contributed by atoms with Crippen LogP contribution in [0.5, 0.6) is 0 Å². The van der Waals surface area contributed by atoms with Gasteiger partial charge in [-0.1, -0.05) is 11.6 Å².